The molecule has 0 radical (unpaired) electrons. The zero-order valence-corrected chi connectivity index (χ0v) is 11.8. The average Bonchev–Trinajstić information content (AvgIpc) is 2.47. The number of carbonyl (C=O) groups excluding carboxylic acids is 2. The van der Waals surface area contributed by atoms with Crippen molar-refractivity contribution in [3.63, 3.8) is 0 Å². The van der Waals surface area contributed by atoms with Gasteiger partial charge in [0.1, 0.15) is 5.75 Å². The van der Waals surface area contributed by atoms with Gasteiger partial charge in [0.15, 0.2) is 0 Å². The van der Waals surface area contributed by atoms with Gasteiger partial charge in [-0.15, -0.1) is 0 Å². The lowest BCUT2D eigenvalue weighted by Crippen LogP contribution is -2.45. The van der Waals surface area contributed by atoms with Gasteiger partial charge in [-0.05, 0) is 18.2 Å². The van der Waals surface area contributed by atoms with E-state index in [-0.39, 0.29) is 0 Å². The lowest BCUT2D eigenvalue weighted by Gasteiger charge is -2.26. The maximum Gasteiger partial charge on any atom is 0.314 e. The van der Waals surface area contributed by atoms with Crippen LogP contribution in [-0.4, -0.2) is 50.1 Å². The minimum atomic E-state index is -0.715. The van der Waals surface area contributed by atoms with E-state index in [2.05, 4.69) is 5.32 Å². The summed E-state index contributed by atoms with van der Waals surface area (Å²) >= 11 is 5.87. The standard InChI is InChI=1S/C13H15ClN2O4/c1-19-11-3-2-9(14)8-10(11)15-12(17)13(18)16-4-6-20-7-5-16/h2-3,8H,4-7H2,1H3,(H,15,17). The number of anilines is 1. The normalized spacial score (nSPS) is 14.8. The Morgan fingerprint density at radius 1 is 1.35 bits per heavy atom. The molecule has 0 unspecified atom stereocenters. The average molecular weight is 299 g/mol. The number of nitrogens with one attached hydrogen (secondary N) is 1. The minimum absolute atomic E-state index is 0.367. The Morgan fingerprint density at radius 2 is 2.05 bits per heavy atom. The van der Waals surface area contributed by atoms with Crippen LogP contribution in [-0.2, 0) is 14.3 Å². The molecule has 1 N–H and O–H groups in total. The molecule has 1 aromatic carbocycles. The topological polar surface area (TPSA) is 67.9 Å². The van der Waals surface area contributed by atoms with Gasteiger partial charge in [-0.25, -0.2) is 0 Å². The van der Waals surface area contributed by atoms with E-state index in [4.69, 9.17) is 21.1 Å². The predicted octanol–water partition coefficient (Wildman–Crippen LogP) is 1.15. The first kappa shape index (κ1) is 14.6. The van der Waals surface area contributed by atoms with E-state index < -0.39 is 11.8 Å². The molecule has 0 saturated carbocycles. The van der Waals surface area contributed by atoms with Crippen LogP contribution in [0.2, 0.25) is 5.02 Å². The molecule has 0 aliphatic carbocycles. The number of methoxy groups -OCH3 is 1. The molecule has 1 saturated heterocycles. The molecule has 1 aliphatic rings. The number of ether oxygens (including phenoxy) is 2. The molecule has 2 amide bonds. The highest BCUT2D eigenvalue weighted by molar-refractivity contribution is 6.40. The number of amides is 2. The van der Waals surface area contributed by atoms with Crippen molar-refractivity contribution in [2.24, 2.45) is 0 Å². The van der Waals surface area contributed by atoms with E-state index in [0.717, 1.165) is 0 Å². The van der Waals surface area contributed by atoms with E-state index >= 15 is 0 Å². The molecule has 0 bridgehead atoms. The molecule has 1 aromatic rings. The second-order valence-corrected chi connectivity index (χ2v) is 4.64. The highest BCUT2D eigenvalue weighted by atomic mass is 35.5. The molecule has 0 aromatic heterocycles. The monoisotopic (exact) mass is 298 g/mol. The van der Waals surface area contributed by atoms with Crippen molar-refractivity contribution >= 4 is 29.1 Å². The summed E-state index contributed by atoms with van der Waals surface area (Å²) in [5.41, 5.74) is 0.367. The van der Waals surface area contributed by atoms with Crippen LogP contribution in [0.25, 0.3) is 0 Å². The molecule has 0 spiro atoms. The molecule has 1 heterocycles. The zero-order valence-electron chi connectivity index (χ0n) is 11.0. The lowest BCUT2D eigenvalue weighted by molar-refractivity contribution is -0.145. The molecular formula is C13H15ClN2O4. The van der Waals surface area contributed by atoms with Gasteiger partial charge in [0, 0.05) is 18.1 Å². The predicted molar refractivity (Wildman–Crippen MR) is 74.0 cm³/mol. The Bertz CT molecular complexity index is 515. The number of benzene rings is 1. The lowest BCUT2D eigenvalue weighted by atomic mass is 10.3. The molecule has 20 heavy (non-hydrogen) atoms. The van der Waals surface area contributed by atoms with Gasteiger partial charge in [-0.3, -0.25) is 9.59 Å². The molecule has 2 rings (SSSR count). The Kier molecular flexibility index (Phi) is 4.81. The van der Waals surface area contributed by atoms with E-state index in [9.17, 15) is 9.59 Å². The second-order valence-electron chi connectivity index (χ2n) is 4.20. The number of nitrogens with zero attached hydrogens (tertiary/aromatic N) is 1. The summed E-state index contributed by atoms with van der Waals surface area (Å²) in [5, 5.41) is 2.96. The maximum absolute atomic E-state index is 12.0. The summed E-state index contributed by atoms with van der Waals surface area (Å²) in [6, 6.07) is 4.79. The summed E-state index contributed by atoms with van der Waals surface area (Å²) in [5.74, 6) is -0.861. The fourth-order valence-electron chi connectivity index (χ4n) is 1.86. The molecule has 7 heteroatoms. The van der Waals surface area contributed by atoms with Crippen molar-refractivity contribution in [2.75, 3.05) is 38.7 Å². The van der Waals surface area contributed by atoms with Crippen LogP contribution in [0.15, 0.2) is 18.2 Å². The summed E-state index contributed by atoms with van der Waals surface area (Å²) in [6.45, 7) is 1.72. The van der Waals surface area contributed by atoms with Crippen molar-refractivity contribution in [1.82, 2.24) is 4.90 Å². The van der Waals surface area contributed by atoms with Crippen molar-refractivity contribution in [2.45, 2.75) is 0 Å². The highest BCUT2D eigenvalue weighted by Gasteiger charge is 2.24. The van der Waals surface area contributed by atoms with E-state index in [1.807, 2.05) is 0 Å². The van der Waals surface area contributed by atoms with Crippen LogP contribution in [0.3, 0.4) is 0 Å². The third-order valence-corrected chi connectivity index (χ3v) is 3.14. The quantitative estimate of drug-likeness (QED) is 0.832. The first-order chi connectivity index (χ1) is 9.61. The molecular weight excluding hydrogens is 284 g/mol. The van der Waals surface area contributed by atoms with Crippen LogP contribution in [0.5, 0.6) is 5.75 Å². The van der Waals surface area contributed by atoms with Gasteiger partial charge in [0.25, 0.3) is 0 Å². The van der Waals surface area contributed by atoms with Crippen LogP contribution in [0, 0.1) is 0 Å². The van der Waals surface area contributed by atoms with Gasteiger partial charge in [0.05, 0.1) is 26.0 Å². The van der Waals surface area contributed by atoms with Gasteiger partial charge < -0.3 is 19.7 Å². The fraction of sp³-hybridized carbons (Fsp3) is 0.385. The van der Waals surface area contributed by atoms with Gasteiger partial charge in [-0.2, -0.15) is 0 Å². The Balaban J connectivity index is 2.07. The van der Waals surface area contributed by atoms with E-state index in [1.54, 1.807) is 12.1 Å². The SMILES string of the molecule is COc1ccc(Cl)cc1NC(=O)C(=O)N1CCOCC1. The number of morpholine rings is 1. The zero-order chi connectivity index (χ0) is 14.5. The number of carbonyl (C=O) groups is 2. The third kappa shape index (κ3) is 3.40. The summed E-state index contributed by atoms with van der Waals surface area (Å²) in [7, 11) is 1.47. The Morgan fingerprint density at radius 3 is 2.70 bits per heavy atom. The Hall–Kier alpha value is -1.79. The van der Waals surface area contributed by atoms with Gasteiger partial charge in [0.2, 0.25) is 0 Å². The van der Waals surface area contributed by atoms with Crippen molar-refractivity contribution in [1.29, 1.82) is 0 Å². The second kappa shape index (κ2) is 6.58. The van der Waals surface area contributed by atoms with E-state index in [0.29, 0.717) is 42.8 Å². The number of rotatable bonds is 2. The largest absolute Gasteiger partial charge is 0.495 e. The highest BCUT2D eigenvalue weighted by Crippen LogP contribution is 2.27. The van der Waals surface area contributed by atoms with Crippen LogP contribution < -0.4 is 10.1 Å². The number of hydrogen-bond acceptors (Lipinski definition) is 4. The van der Waals surface area contributed by atoms with Crippen LogP contribution >= 0.6 is 11.6 Å². The summed E-state index contributed by atoms with van der Waals surface area (Å²) < 4.78 is 10.2. The van der Waals surface area contributed by atoms with Crippen molar-refractivity contribution in [3.05, 3.63) is 23.2 Å². The first-order valence-corrected chi connectivity index (χ1v) is 6.51. The first-order valence-electron chi connectivity index (χ1n) is 6.13. The van der Waals surface area contributed by atoms with Gasteiger partial charge >= 0.3 is 11.8 Å². The fourth-order valence-corrected chi connectivity index (χ4v) is 2.04. The molecule has 0 atom stereocenters. The van der Waals surface area contributed by atoms with Crippen molar-refractivity contribution in [3.8, 4) is 5.75 Å². The number of hydrogen-bond donors (Lipinski definition) is 1. The van der Waals surface area contributed by atoms with Crippen molar-refractivity contribution < 1.29 is 19.1 Å². The summed E-state index contributed by atoms with van der Waals surface area (Å²) in [6.07, 6.45) is 0. The molecule has 1 aliphatic heterocycles. The third-order valence-electron chi connectivity index (χ3n) is 2.90. The minimum Gasteiger partial charge on any atom is -0.495 e. The molecule has 1 fully saturated rings. The molecule has 6 nitrogen and oxygen atoms in total. The van der Waals surface area contributed by atoms with Gasteiger partial charge in [-0.1, -0.05) is 11.6 Å². The smallest absolute Gasteiger partial charge is 0.314 e. The maximum atomic E-state index is 12.0. The van der Waals surface area contributed by atoms with Crippen LogP contribution in [0.1, 0.15) is 0 Å². The Labute approximate surface area is 121 Å². The summed E-state index contributed by atoms with van der Waals surface area (Å²) in [4.78, 5) is 25.4. The van der Waals surface area contributed by atoms with E-state index in [1.165, 1.54) is 18.1 Å². The van der Waals surface area contributed by atoms with Crippen LogP contribution in [0.4, 0.5) is 5.69 Å². The molecule has 108 valence electrons. The number of halogens is 1.